The van der Waals surface area contributed by atoms with Crippen molar-refractivity contribution in [2.45, 2.75) is 26.3 Å². The first-order chi connectivity index (χ1) is 6.65. The molecule has 0 aliphatic heterocycles. The number of hydrogen-bond donors (Lipinski definition) is 1. The number of nitrogens with one attached hydrogen (secondary N) is 1. The summed E-state index contributed by atoms with van der Waals surface area (Å²) in [6.45, 7) is 5.10. The molecule has 1 atom stereocenters. The van der Waals surface area contributed by atoms with Gasteiger partial charge in [-0.25, -0.2) is 4.39 Å². The molecule has 1 aromatic carbocycles. The van der Waals surface area contributed by atoms with Crippen molar-refractivity contribution >= 4 is 11.6 Å². The van der Waals surface area contributed by atoms with Crippen LogP contribution in [0.25, 0.3) is 0 Å². The molecule has 0 bridgehead atoms. The minimum Gasteiger partial charge on any atom is -0.310 e. The maximum absolute atomic E-state index is 12.9. The van der Waals surface area contributed by atoms with Crippen molar-refractivity contribution in [2.24, 2.45) is 0 Å². The van der Waals surface area contributed by atoms with E-state index in [1.54, 1.807) is 12.1 Å². The van der Waals surface area contributed by atoms with Gasteiger partial charge in [-0.3, -0.25) is 0 Å². The highest BCUT2D eigenvalue weighted by Gasteiger charge is 2.06. The molecule has 1 rings (SSSR count). The van der Waals surface area contributed by atoms with Gasteiger partial charge in [0.2, 0.25) is 0 Å². The summed E-state index contributed by atoms with van der Waals surface area (Å²) in [4.78, 5) is 0. The van der Waals surface area contributed by atoms with Gasteiger partial charge in [0.05, 0.1) is 5.02 Å². The molecule has 0 amide bonds. The van der Waals surface area contributed by atoms with E-state index < -0.39 is 0 Å². The Hall–Kier alpha value is -0.600. The van der Waals surface area contributed by atoms with E-state index in [1.165, 1.54) is 6.07 Å². The van der Waals surface area contributed by atoms with Gasteiger partial charge in [-0.05, 0) is 37.6 Å². The first-order valence-corrected chi connectivity index (χ1v) is 5.21. The molecule has 14 heavy (non-hydrogen) atoms. The Morgan fingerprint density at radius 2 is 2.21 bits per heavy atom. The first kappa shape index (κ1) is 11.5. The van der Waals surface area contributed by atoms with Gasteiger partial charge < -0.3 is 5.32 Å². The monoisotopic (exact) mass is 215 g/mol. The van der Waals surface area contributed by atoms with Crippen molar-refractivity contribution < 1.29 is 4.39 Å². The van der Waals surface area contributed by atoms with Crippen molar-refractivity contribution in [3.63, 3.8) is 0 Å². The molecule has 1 unspecified atom stereocenters. The third-order valence-electron chi connectivity index (χ3n) is 2.14. The number of halogens is 2. The third kappa shape index (κ3) is 2.96. The quantitative estimate of drug-likeness (QED) is 0.810. The average molecular weight is 216 g/mol. The fourth-order valence-corrected chi connectivity index (χ4v) is 1.45. The molecule has 0 saturated heterocycles. The molecule has 1 N–H and O–H groups in total. The molecule has 1 nitrogen and oxygen atoms in total. The van der Waals surface area contributed by atoms with Gasteiger partial charge in [0.1, 0.15) is 5.82 Å². The van der Waals surface area contributed by atoms with Gasteiger partial charge in [-0.1, -0.05) is 24.6 Å². The lowest BCUT2D eigenvalue weighted by Gasteiger charge is -2.13. The molecule has 0 heterocycles. The van der Waals surface area contributed by atoms with Crippen LogP contribution in [0.2, 0.25) is 5.02 Å². The lowest BCUT2D eigenvalue weighted by molar-refractivity contribution is 0.567. The molecule has 0 radical (unpaired) electrons. The number of benzene rings is 1. The van der Waals surface area contributed by atoms with Crippen LogP contribution in [0.15, 0.2) is 18.2 Å². The Morgan fingerprint density at radius 1 is 1.50 bits per heavy atom. The van der Waals surface area contributed by atoms with Gasteiger partial charge in [-0.15, -0.1) is 0 Å². The molecule has 0 aliphatic rings. The normalized spacial score (nSPS) is 12.9. The SMILES string of the molecule is CCCNC(C)c1ccc(F)c(Cl)c1. The summed E-state index contributed by atoms with van der Waals surface area (Å²) in [7, 11) is 0. The average Bonchev–Trinajstić information content (AvgIpc) is 2.18. The minimum atomic E-state index is -0.363. The minimum absolute atomic E-state index is 0.188. The smallest absolute Gasteiger partial charge is 0.141 e. The van der Waals surface area contributed by atoms with Crippen LogP contribution < -0.4 is 5.32 Å². The second kappa shape index (κ2) is 5.32. The van der Waals surface area contributed by atoms with Crippen molar-refractivity contribution in [2.75, 3.05) is 6.54 Å². The molecule has 0 saturated carbocycles. The molecule has 78 valence electrons. The van der Waals surface area contributed by atoms with Crippen molar-refractivity contribution in [1.29, 1.82) is 0 Å². The second-order valence-electron chi connectivity index (χ2n) is 3.35. The molecule has 0 aliphatic carbocycles. The fraction of sp³-hybridized carbons (Fsp3) is 0.455. The Balaban J connectivity index is 2.70. The standard InChI is InChI=1S/C11H15ClFN/c1-3-6-14-8(2)9-4-5-11(13)10(12)7-9/h4-5,7-8,14H,3,6H2,1-2H3. The van der Waals surface area contributed by atoms with E-state index in [0.29, 0.717) is 0 Å². The van der Waals surface area contributed by atoms with E-state index in [2.05, 4.69) is 12.2 Å². The maximum Gasteiger partial charge on any atom is 0.141 e. The third-order valence-corrected chi connectivity index (χ3v) is 2.43. The zero-order valence-corrected chi connectivity index (χ0v) is 9.24. The molecule has 3 heteroatoms. The van der Waals surface area contributed by atoms with Gasteiger partial charge in [-0.2, -0.15) is 0 Å². The van der Waals surface area contributed by atoms with E-state index >= 15 is 0 Å². The fourth-order valence-electron chi connectivity index (χ4n) is 1.26. The van der Waals surface area contributed by atoms with Crippen LogP contribution in [0.1, 0.15) is 31.9 Å². The number of hydrogen-bond acceptors (Lipinski definition) is 1. The van der Waals surface area contributed by atoms with Crippen molar-refractivity contribution in [3.05, 3.63) is 34.6 Å². The highest BCUT2D eigenvalue weighted by atomic mass is 35.5. The Kier molecular flexibility index (Phi) is 4.36. The lowest BCUT2D eigenvalue weighted by atomic mass is 10.1. The Labute approximate surface area is 89.3 Å². The van der Waals surface area contributed by atoms with E-state index in [0.717, 1.165) is 18.5 Å². The highest BCUT2D eigenvalue weighted by molar-refractivity contribution is 6.30. The second-order valence-corrected chi connectivity index (χ2v) is 3.76. The van der Waals surface area contributed by atoms with Gasteiger partial charge in [0.15, 0.2) is 0 Å². The first-order valence-electron chi connectivity index (χ1n) is 4.83. The predicted molar refractivity (Wildman–Crippen MR) is 58.1 cm³/mol. The van der Waals surface area contributed by atoms with E-state index in [1.807, 2.05) is 6.92 Å². The number of rotatable bonds is 4. The maximum atomic E-state index is 12.9. The largest absolute Gasteiger partial charge is 0.310 e. The van der Waals surface area contributed by atoms with Crippen LogP contribution in [0.5, 0.6) is 0 Å². The zero-order valence-electron chi connectivity index (χ0n) is 8.48. The molecule has 0 spiro atoms. The molecule has 0 fully saturated rings. The molecular weight excluding hydrogens is 201 g/mol. The van der Waals surface area contributed by atoms with Gasteiger partial charge >= 0.3 is 0 Å². The summed E-state index contributed by atoms with van der Waals surface area (Å²) < 4.78 is 12.9. The summed E-state index contributed by atoms with van der Waals surface area (Å²) >= 11 is 5.69. The molecule has 1 aromatic rings. The summed E-state index contributed by atoms with van der Waals surface area (Å²) in [6, 6.07) is 5.05. The van der Waals surface area contributed by atoms with Crippen LogP contribution in [0, 0.1) is 5.82 Å². The molecule has 0 aromatic heterocycles. The van der Waals surface area contributed by atoms with Crippen molar-refractivity contribution in [1.82, 2.24) is 5.32 Å². The van der Waals surface area contributed by atoms with E-state index in [9.17, 15) is 4.39 Å². The summed E-state index contributed by atoms with van der Waals surface area (Å²) in [5, 5.41) is 3.50. The predicted octanol–water partition coefficient (Wildman–Crippen LogP) is 3.54. The summed E-state index contributed by atoms with van der Waals surface area (Å²) in [5.74, 6) is -0.363. The van der Waals surface area contributed by atoms with E-state index in [4.69, 9.17) is 11.6 Å². The van der Waals surface area contributed by atoms with Crippen LogP contribution in [0.3, 0.4) is 0 Å². The zero-order chi connectivity index (χ0) is 10.6. The summed E-state index contributed by atoms with van der Waals surface area (Å²) in [6.07, 6.45) is 1.08. The Bertz CT molecular complexity index is 301. The van der Waals surface area contributed by atoms with Crippen molar-refractivity contribution in [3.8, 4) is 0 Å². The van der Waals surface area contributed by atoms with E-state index in [-0.39, 0.29) is 16.9 Å². The van der Waals surface area contributed by atoms with Crippen LogP contribution in [-0.4, -0.2) is 6.54 Å². The Morgan fingerprint density at radius 3 is 2.79 bits per heavy atom. The lowest BCUT2D eigenvalue weighted by Crippen LogP contribution is -2.19. The van der Waals surface area contributed by atoms with Crippen LogP contribution in [-0.2, 0) is 0 Å². The highest BCUT2D eigenvalue weighted by Crippen LogP contribution is 2.20. The van der Waals surface area contributed by atoms with Gasteiger partial charge in [0, 0.05) is 6.04 Å². The summed E-state index contributed by atoms with van der Waals surface area (Å²) in [5.41, 5.74) is 1.02. The van der Waals surface area contributed by atoms with Crippen LogP contribution in [0.4, 0.5) is 4.39 Å². The molecular formula is C11H15ClFN. The van der Waals surface area contributed by atoms with Gasteiger partial charge in [0.25, 0.3) is 0 Å². The van der Waals surface area contributed by atoms with Crippen LogP contribution >= 0.6 is 11.6 Å². The topological polar surface area (TPSA) is 12.0 Å².